The average molecular weight is 786 g/mol. The molecule has 17 atom stereocenters. The molecular formula is C44H71N3O9. The van der Waals surface area contributed by atoms with E-state index in [0.29, 0.717) is 43.6 Å². The first-order valence-corrected chi connectivity index (χ1v) is 21.9. The highest BCUT2D eigenvalue weighted by Crippen LogP contribution is 2.70. The van der Waals surface area contributed by atoms with Gasteiger partial charge in [-0.05, 0) is 131 Å². The van der Waals surface area contributed by atoms with E-state index in [0.717, 1.165) is 37.7 Å². The van der Waals surface area contributed by atoms with E-state index in [4.69, 9.17) is 10.5 Å². The summed E-state index contributed by atoms with van der Waals surface area (Å²) in [5.74, 6) is -1.34. The number of rotatable bonds is 12. The molecule has 2 heterocycles. The minimum atomic E-state index is -1.70. The van der Waals surface area contributed by atoms with Gasteiger partial charge < -0.3 is 56.8 Å². The van der Waals surface area contributed by atoms with Gasteiger partial charge in [0.2, 0.25) is 0 Å². The Morgan fingerprint density at radius 3 is 2.52 bits per heavy atom. The summed E-state index contributed by atoms with van der Waals surface area (Å²) < 4.78 is 6.64. The van der Waals surface area contributed by atoms with E-state index in [1.165, 1.54) is 6.42 Å². The van der Waals surface area contributed by atoms with Crippen molar-refractivity contribution in [2.24, 2.45) is 52.1 Å². The standard InChI is InChI=1S/C44H71N3O9/c1-5-6-25-7-10-27-28(23-48)39(56-33(27)11-8-25)40(53)42(4,54)34-15-18-44(55)36-29(14-16-41(34,44)3)43(17-13-26-9-12-35(45)46-22-26)20-32(51)31(50)19-30(43)38(52)37(36)47-21-24(2)49/h9,12,22,24-25,27-35,39-40,46-51,53-55H,5-8,10-11,13-21,23,45H2,1-4H3. The third-order valence-electron chi connectivity index (χ3n) is 16.5. The number of ether oxygens (including phenoxy) is 1. The van der Waals surface area contributed by atoms with E-state index in [1.807, 2.05) is 25.3 Å². The molecule has 0 amide bonds. The van der Waals surface area contributed by atoms with E-state index in [-0.39, 0.29) is 73.9 Å². The van der Waals surface area contributed by atoms with Crippen molar-refractivity contribution in [2.45, 2.75) is 172 Å². The van der Waals surface area contributed by atoms with Gasteiger partial charge >= 0.3 is 0 Å². The zero-order valence-electron chi connectivity index (χ0n) is 34.1. The summed E-state index contributed by atoms with van der Waals surface area (Å²) in [6, 6.07) is 0. The van der Waals surface area contributed by atoms with Crippen molar-refractivity contribution in [3.63, 3.8) is 0 Å². The van der Waals surface area contributed by atoms with Crippen LogP contribution in [-0.4, -0.2) is 109 Å². The lowest BCUT2D eigenvalue weighted by Gasteiger charge is -2.62. The number of aliphatic hydroxyl groups is 7. The highest BCUT2D eigenvalue weighted by atomic mass is 16.5. The summed E-state index contributed by atoms with van der Waals surface area (Å²) in [7, 11) is 0. The summed E-state index contributed by atoms with van der Waals surface area (Å²) >= 11 is 0. The molecule has 1 saturated heterocycles. The first-order valence-electron chi connectivity index (χ1n) is 21.9. The molecule has 5 fully saturated rings. The second-order valence-corrected chi connectivity index (χ2v) is 19.6. The molecular weight excluding hydrogens is 714 g/mol. The highest BCUT2D eigenvalue weighted by Gasteiger charge is 2.71. The molecule has 0 aromatic heterocycles. The van der Waals surface area contributed by atoms with Crippen LogP contribution in [0, 0.1) is 46.3 Å². The summed E-state index contributed by atoms with van der Waals surface area (Å²) in [6.07, 6.45) is 9.74. The van der Waals surface area contributed by atoms with Gasteiger partial charge in [-0.25, -0.2) is 0 Å². The van der Waals surface area contributed by atoms with Gasteiger partial charge in [-0.1, -0.05) is 39.2 Å². The number of carbonyl (C=O) groups excluding carboxylic acids is 1. The predicted octanol–water partition coefficient (Wildman–Crippen LogP) is 2.67. The molecule has 56 heavy (non-hydrogen) atoms. The number of ketones is 1. The van der Waals surface area contributed by atoms with E-state index >= 15 is 0 Å². The van der Waals surface area contributed by atoms with Crippen LogP contribution in [0.1, 0.15) is 118 Å². The Hall–Kier alpha value is -1.87. The topological polar surface area (TPSA) is 218 Å². The number of aliphatic hydroxyl groups excluding tert-OH is 5. The summed E-state index contributed by atoms with van der Waals surface area (Å²) in [6.45, 7) is 7.43. The van der Waals surface area contributed by atoms with E-state index in [2.05, 4.69) is 17.6 Å². The lowest BCUT2D eigenvalue weighted by atomic mass is 9.43. The Labute approximate surface area is 333 Å². The maximum absolute atomic E-state index is 15.0. The number of hydrogen-bond acceptors (Lipinski definition) is 12. The number of hydrogen-bond donors (Lipinski definition) is 10. The molecule has 7 aliphatic rings. The smallest absolute Gasteiger partial charge is 0.182 e. The first kappa shape index (κ1) is 42.3. The quantitative estimate of drug-likeness (QED) is 0.138. The van der Waals surface area contributed by atoms with Crippen LogP contribution >= 0.6 is 0 Å². The normalized spacial score (nSPS) is 45.7. The van der Waals surface area contributed by atoms with E-state index < -0.39 is 64.4 Å². The molecule has 0 aromatic rings. The first-order chi connectivity index (χ1) is 26.5. The van der Waals surface area contributed by atoms with Gasteiger partial charge in [-0.3, -0.25) is 4.79 Å². The van der Waals surface area contributed by atoms with Gasteiger partial charge in [0.25, 0.3) is 0 Å². The van der Waals surface area contributed by atoms with Crippen molar-refractivity contribution in [1.82, 2.24) is 10.6 Å². The Morgan fingerprint density at radius 1 is 1.09 bits per heavy atom. The van der Waals surface area contributed by atoms with Crippen LogP contribution in [0.5, 0.6) is 0 Å². The molecule has 0 aromatic carbocycles. The van der Waals surface area contributed by atoms with E-state index in [1.54, 1.807) is 13.8 Å². The molecule has 11 N–H and O–H groups in total. The van der Waals surface area contributed by atoms with Crippen molar-refractivity contribution >= 4 is 5.78 Å². The van der Waals surface area contributed by atoms with Crippen LogP contribution in [0.25, 0.3) is 0 Å². The highest BCUT2D eigenvalue weighted by molar-refractivity contribution is 6.00. The predicted molar refractivity (Wildman–Crippen MR) is 211 cm³/mol. The Morgan fingerprint density at radius 2 is 1.84 bits per heavy atom. The summed E-state index contributed by atoms with van der Waals surface area (Å²) in [5, 5.41) is 88.2. The van der Waals surface area contributed by atoms with Gasteiger partial charge in [-0.2, -0.15) is 0 Å². The van der Waals surface area contributed by atoms with E-state index in [9.17, 15) is 40.5 Å². The Bertz CT molecular complexity index is 1550. The number of Topliss-reactive ketones (excluding diaryl/α,β-unsaturated/α-hetero) is 1. The van der Waals surface area contributed by atoms with Crippen LogP contribution < -0.4 is 16.4 Å². The summed E-state index contributed by atoms with van der Waals surface area (Å²) in [5.41, 5.74) is 2.87. The molecule has 4 saturated carbocycles. The zero-order chi connectivity index (χ0) is 40.4. The van der Waals surface area contributed by atoms with Gasteiger partial charge in [0.1, 0.15) is 6.10 Å². The largest absolute Gasteiger partial charge is 0.396 e. The third-order valence-corrected chi connectivity index (χ3v) is 16.5. The molecule has 2 aliphatic heterocycles. The molecule has 316 valence electrons. The maximum atomic E-state index is 15.0. The van der Waals surface area contributed by atoms with Crippen molar-refractivity contribution in [1.29, 1.82) is 0 Å². The molecule has 17 unspecified atom stereocenters. The molecule has 12 heteroatoms. The van der Waals surface area contributed by atoms with Gasteiger partial charge in [-0.15, -0.1) is 0 Å². The fourth-order valence-electron chi connectivity index (χ4n) is 13.5. The molecule has 0 radical (unpaired) electrons. The minimum absolute atomic E-state index is 0.0849. The Kier molecular flexibility index (Phi) is 12.0. The SMILES string of the molecule is CCCC1CCC2OC(C(O)C(C)(O)C3CCC4(O)C5=C(NCC(C)O)C(=O)C6CC(O)C(O)CC6(CCC6=CNC(N)C=C6)C5CCC34C)C(CO)C2CC1. The van der Waals surface area contributed by atoms with Crippen LogP contribution in [0.15, 0.2) is 35.2 Å². The third kappa shape index (κ3) is 6.94. The van der Waals surface area contributed by atoms with Gasteiger partial charge in [0.15, 0.2) is 5.78 Å². The van der Waals surface area contributed by atoms with Crippen molar-refractivity contribution < 1.29 is 45.3 Å². The number of allylic oxidation sites excluding steroid dienone is 3. The fraction of sp³-hybridized carbons (Fsp3) is 0.841. The number of dihydropyridines is 1. The second kappa shape index (κ2) is 16.0. The van der Waals surface area contributed by atoms with Gasteiger partial charge in [0.05, 0.1) is 53.6 Å². The second-order valence-electron chi connectivity index (χ2n) is 19.6. The van der Waals surface area contributed by atoms with Crippen molar-refractivity contribution in [3.8, 4) is 0 Å². The molecule has 0 bridgehead atoms. The number of carbonyl (C=O) groups is 1. The van der Waals surface area contributed by atoms with Crippen molar-refractivity contribution in [3.05, 3.63) is 35.2 Å². The molecule has 5 aliphatic carbocycles. The van der Waals surface area contributed by atoms with Crippen molar-refractivity contribution in [2.75, 3.05) is 13.2 Å². The molecule has 12 nitrogen and oxygen atoms in total. The fourth-order valence-corrected chi connectivity index (χ4v) is 13.5. The number of nitrogens with two attached hydrogens (primary N) is 1. The number of nitrogens with one attached hydrogen (secondary N) is 2. The molecule has 0 spiro atoms. The lowest BCUT2D eigenvalue weighted by Crippen LogP contribution is -2.65. The monoisotopic (exact) mass is 786 g/mol. The minimum Gasteiger partial charge on any atom is -0.396 e. The maximum Gasteiger partial charge on any atom is 0.182 e. The van der Waals surface area contributed by atoms with Gasteiger partial charge in [0, 0.05) is 36.6 Å². The van der Waals surface area contributed by atoms with Crippen LogP contribution in [0.3, 0.4) is 0 Å². The van der Waals surface area contributed by atoms with Crippen LogP contribution in [0.4, 0.5) is 0 Å². The zero-order valence-corrected chi connectivity index (χ0v) is 34.1. The summed E-state index contributed by atoms with van der Waals surface area (Å²) in [4.78, 5) is 15.0. The average Bonchev–Trinajstić information content (AvgIpc) is 3.58. The van der Waals surface area contributed by atoms with Crippen LogP contribution in [0.2, 0.25) is 0 Å². The van der Waals surface area contributed by atoms with Crippen LogP contribution in [-0.2, 0) is 9.53 Å². The molecule has 7 rings (SSSR count). The Balaban J connectivity index is 1.23. The lowest BCUT2D eigenvalue weighted by molar-refractivity contribution is -0.201. The number of fused-ring (bicyclic) bond motifs is 6.